The van der Waals surface area contributed by atoms with Crippen LogP contribution >= 0.6 is 0 Å². The molecule has 1 aromatic rings. The number of rotatable bonds is 6. The third-order valence-electron chi connectivity index (χ3n) is 3.36. The lowest BCUT2D eigenvalue weighted by Crippen LogP contribution is -2.31. The van der Waals surface area contributed by atoms with Crippen molar-refractivity contribution in [2.24, 2.45) is 0 Å². The molecule has 116 valence electrons. The fourth-order valence-electron chi connectivity index (χ4n) is 2.27. The Kier molecular flexibility index (Phi) is 4.86. The standard InChI is InChI=1S/C12H16FN3O4S/c13-11-8-10(16(17)18)3-4-12(11)21(19,20)15-7-5-9-2-1-6-14-9/h3-4,8-9,14-15H,1-2,5-7H2/t9-/m0/s1. The Hall–Kier alpha value is -1.58. The largest absolute Gasteiger partial charge is 0.314 e. The van der Waals surface area contributed by atoms with Gasteiger partial charge in [-0.2, -0.15) is 0 Å². The summed E-state index contributed by atoms with van der Waals surface area (Å²) in [4.78, 5) is 9.14. The molecule has 1 atom stereocenters. The molecule has 1 fully saturated rings. The van der Waals surface area contributed by atoms with Gasteiger partial charge in [0.25, 0.3) is 5.69 Å². The molecule has 0 saturated carbocycles. The summed E-state index contributed by atoms with van der Waals surface area (Å²) in [5.41, 5.74) is -0.485. The summed E-state index contributed by atoms with van der Waals surface area (Å²) in [6, 6.07) is 2.75. The second-order valence-corrected chi connectivity index (χ2v) is 6.59. The van der Waals surface area contributed by atoms with Gasteiger partial charge >= 0.3 is 0 Å². The van der Waals surface area contributed by atoms with Gasteiger partial charge in [0.05, 0.1) is 11.0 Å². The highest BCUT2D eigenvalue weighted by atomic mass is 32.2. The SMILES string of the molecule is O=[N+]([O-])c1ccc(S(=O)(=O)NCC[C@@H]2CCCN2)c(F)c1. The normalized spacial score (nSPS) is 18.8. The summed E-state index contributed by atoms with van der Waals surface area (Å²) in [6.45, 7) is 1.12. The van der Waals surface area contributed by atoms with Crippen LogP contribution in [0.3, 0.4) is 0 Å². The van der Waals surface area contributed by atoms with Crippen molar-refractivity contribution in [2.45, 2.75) is 30.2 Å². The van der Waals surface area contributed by atoms with Gasteiger partial charge in [-0.05, 0) is 31.9 Å². The zero-order valence-electron chi connectivity index (χ0n) is 11.2. The van der Waals surface area contributed by atoms with Crippen molar-refractivity contribution in [1.82, 2.24) is 10.0 Å². The van der Waals surface area contributed by atoms with Gasteiger partial charge in [0.1, 0.15) is 10.7 Å². The molecule has 1 aliphatic heterocycles. The first-order valence-electron chi connectivity index (χ1n) is 6.57. The van der Waals surface area contributed by atoms with E-state index in [2.05, 4.69) is 10.0 Å². The van der Waals surface area contributed by atoms with Gasteiger partial charge in [-0.3, -0.25) is 10.1 Å². The maximum absolute atomic E-state index is 13.7. The summed E-state index contributed by atoms with van der Waals surface area (Å²) >= 11 is 0. The maximum Gasteiger partial charge on any atom is 0.272 e. The average Bonchev–Trinajstić information content (AvgIpc) is 2.91. The monoisotopic (exact) mass is 317 g/mol. The second-order valence-electron chi connectivity index (χ2n) is 4.85. The Morgan fingerprint density at radius 3 is 2.81 bits per heavy atom. The van der Waals surface area contributed by atoms with Gasteiger partial charge in [-0.1, -0.05) is 0 Å². The van der Waals surface area contributed by atoms with E-state index in [9.17, 15) is 22.9 Å². The van der Waals surface area contributed by atoms with E-state index in [0.717, 1.165) is 31.5 Å². The number of sulfonamides is 1. The molecule has 9 heteroatoms. The minimum absolute atomic E-state index is 0.191. The highest BCUT2D eigenvalue weighted by Crippen LogP contribution is 2.20. The van der Waals surface area contributed by atoms with Crippen LogP contribution in [0, 0.1) is 15.9 Å². The number of nitro groups is 1. The lowest BCUT2D eigenvalue weighted by molar-refractivity contribution is -0.385. The number of nitro benzene ring substituents is 1. The summed E-state index contributed by atoms with van der Waals surface area (Å²) in [5.74, 6) is -1.13. The van der Waals surface area contributed by atoms with E-state index in [1.807, 2.05) is 0 Å². The van der Waals surface area contributed by atoms with Crippen LogP contribution in [0.4, 0.5) is 10.1 Å². The Bertz CT molecular complexity index is 629. The first-order chi connectivity index (χ1) is 9.90. The van der Waals surface area contributed by atoms with E-state index < -0.39 is 31.3 Å². The Labute approximate surface area is 121 Å². The molecule has 0 aliphatic carbocycles. The van der Waals surface area contributed by atoms with Gasteiger partial charge < -0.3 is 5.32 Å². The molecule has 0 amide bonds. The molecule has 0 radical (unpaired) electrons. The first kappa shape index (κ1) is 15.8. The van der Waals surface area contributed by atoms with E-state index in [1.54, 1.807) is 0 Å². The summed E-state index contributed by atoms with van der Waals surface area (Å²) in [5, 5.41) is 13.7. The Morgan fingerprint density at radius 2 is 2.24 bits per heavy atom. The number of non-ortho nitro benzene ring substituents is 1. The van der Waals surface area contributed by atoms with Crippen LogP contribution in [-0.2, 0) is 10.0 Å². The van der Waals surface area contributed by atoms with E-state index in [1.165, 1.54) is 0 Å². The fourth-order valence-corrected chi connectivity index (χ4v) is 3.37. The molecular formula is C12H16FN3O4S. The van der Waals surface area contributed by atoms with Crippen LogP contribution in [-0.4, -0.2) is 32.5 Å². The Morgan fingerprint density at radius 1 is 1.48 bits per heavy atom. The van der Waals surface area contributed by atoms with Gasteiger partial charge in [-0.25, -0.2) is 17.5 Å². The van der Waals surface area contributed by atoms with Crippen molar-refractivity contribution in [3.05, 3.63) is 34.1 Å². The van der Waals surface area contributed by atoms with Crippen LogP contribution in [0.5, 0.6) is 0 Å². The van der Waals surface area contributed by atoms with Crippen molar-refractivity contribution >= 4 is 15.7 Å². The van der Waals surface area contributed by atoms with Gasteiger partial charge in [0, 0.05) is 18.7 Å². The molecule has 0 spiro atoms. The van der Waals surface area contributed by atoms with E-state index in [-0.39, 0.29) is 12.6 Å². The quantitative estimate of drug-likeness (QED) is 0.605. The smallest absolute Gasteiger partial charge is 0.272 e. The summed E-state index contributed by atoms with van der Waals surface area (Å²) in [7, 11) is -4.00. The van der Waals surface area contributed by atoms with Crippen molar-refractivity contribution in [3.63, 3.8) is 0 Å². The molecule has 2 rings (SSSR count). The minimum Gasteiger partial charge on any atom is -0.314 e. The Balaban J connectivity index is 2.03. The molecular weight excluding hydrogens is 301 g/mol. The maximum atomic E-state index is 13.7. The van der Waals surface area contributed by atoms with Gasteiger partial charge in [-0.15, -0.1) is 0 Å². The van der Waals surface area contributed by atoms with E-state index in [0.29, 0.717) is 12.5 Å². The molecule has 0 bridgehead atoms. The van der Waals surface area contributed by atoms with Gasteiger partial charge in [0.2, 0.25) is 10.0 Å². The molecule has 2 N–H and O–H groups in total. The zero-order chi connectivity index (χ0) is 15.5. The number of benzene rings is 1. The van der Waals surface area contributed by atoms with Crippen molar-refractivity contribution < 1.29 is 17.7 Å². The topological polar surface area (TPSA) is 101 Å². The van der Waals surface area contributed by atoms with Crippen LogP contribution in [0.25, 0.3) is 0 Å². The predicted molar refractivity (Wildman–Crippen MR) is 73.9 cm³/mol. The molecule has 21 heavy (non-hydrogen) atoms. The van der Waals surface area contributed by atoms with Crippen molar-refractivity contribution in [1.29, 1.82) is 0 Å². The number of nitrogens with zero attached hydrogens (tertiary/aromatic N) is 1. The lowest BCUT2D eigenvalue weighted by atomic mass is 10.2. The number of nitrogens with one attached hydrogen (secondary N) is 2. The molecule has 1 aromatic carbocycles. The predicted octanol–water partition coefficient (Wildman–Crippen LogP) is 1.15. The zero-order valence-corrected chi connectivity index (χ0v) is 12.0. The molecule has 1 heterocycles. The van der Waals surface area contributed by atoms with Crippen LogP contribution < -0.4 is 10.0 Å². The highest BCUT2D eigenvalue weighted by Gasteiger charge is 2.22. The number of halogens is 1. The summed E-state index contributed by atoms with van der Waals surface area (Å²) < 4.78 is 39.9. The van der Waals surface area contributed by atoms with E-state index in [4.69, 9.17) is 0 Å². The molecule has 1 saturated heterocycles. The second kappa shape index (κ2) is 6.46. The minimum atomic E-state index is -4.00. The molecule has 0 aromatic heterocycles. The third-order valence-corrected chi connectivity index (χ3v) is 4.86. The van der Waals surface area contributed by atoms with Gasteiger partial charge in [0.15, 0.2) is 0 Å². The molecule has 7 nitrogen and oxygen atoms in total. The van der Waals surface area contributed by atoms with Crippen LogP contribution in [0.2, 0.25) is 0 Å². The first-order valence-corrected chi connectivity index (χ1v) is 8.05. The van der Waals surface area contributed by atoms with E-state index >= 15 is 0 Å². The number of hydrogen-bond acceptors (Lipinski definition) is 5. The average molecular weight is 317 g/mol. The lowest BCUT2D eigenvalue weighted by Gasteiger charge is -2.11. The highest BCUT2D eigenvalue weighted by molar-refractivity contribution is 7.89. The van der Waals surface area contributed by atoms with Crippen molar-refractivity contribution in [2.75, 3.05) is 13.1 Å². The molecule has 1 aliphatic rings. The van der Waals surface area contributed by atoms with Crippen LogP contribution in [0.15, 0.2) is 23.1 Å². The number of hydrogen-bond donors (Lipinski definition) is 2. The van der Waals surface area contributed by atoms with Crippen molar-refractivity contribution in [3.8, 4) is 0 Å². The summed E-state index contributed by atoms with van der Waals surface area (Å²) in [6.07, 6.45) is 2.68. The molecule has 0 unspecified atom stereocenters. The van der Waals surface area contributed by atoms with Crippen LogP contribution in [0.1, 0.15) is 19.3 Å². The fraction of sp³-hybridized carbons (Fsp3) is 0.500. The third kappa shape index (κ3) is 3.96.